The molecule has 0 saturated carbocycles. The number of nitriles is 1. The Hall–Kier alpha value is -2.88. The molecule has 0 aliphatic heterocycles. The van der Waals surface area contributed by atoms with Crippen molar-refractivity contribution < 1.29 is 4.79 Å². The van der Waals surface area contributed by atoms with Gasteiger partial charge in [-0.15, -0.1) is 5.10 Å². The first-order chi connectivity index (χ1) is 9.51. The number of carbonyl (C=O) groups is 1. The van der Waals surface area contributed by atoms with Crippen LogP contribution in [0.4, 0.5) is 11.4 Å². The summed E-state index contributed by atoms with van der Waals surface area (Å²) in [5.41, 5.74) is 7.84. The van der Waals surface area contributed by atoms with Crippen LogP contribution < -0.4 is 11.1 Å². The average Bonchev–Trinajstić information content (AvgIpc) is 2.90. The molecule has 0 saturated heterocycles. The Labute approximate surface area is 116 Å². The van der Waals surface area contributed by atoms with E-state index in [9.17, 15) is 4.79 Å². The summed E-state index contributed by atoms with van der Waals surface area (Å²) >= 11 is 0. The standard InChI is InChI=1S/C13H14N6O/c1-8-3-4-10(15)5-11(8)17-13(20)9(2)19-7-16-12(6-14)18-19/h3-5,7,9H,15H2,1-2H3,(H,17,20). The first-order valence-electron chi connectivity index (χ1n) is 5.99. The predicted octanol–water partition coefficient (Wildman–Crippen LogP) is 1.24. The Morgan fingerprint density at radius 2 is 2.30 bits per heavy atom. The molecule has 1 aromatic heterocycles. The smallest absolute Gasteiger partial charge is 0.252 e. The van der Waals surface area contributed by atoms with Crippen molar-refractivity contribution >= 4 is 17.3 Å². The van der Waals surface area contributed by atoms with Crippen molar-refractivity contribution in [3.63, 3.8) is 0 Å². The van der Waals surface area contributed by atoms with Crippen molar-refractivity contribution in [1.82, 2.24) is 14.8 Å². The number of nitrogens with one attached hydrogen (secondary N) is 1. The third-order valence-electron chi connectivity index (χ3n) is 2.90. The largest absolute Gasteiger partial charge is 0.399 e. The third kappa shape index (κ3) is 2.75. The summed E-state index contributed by atoms with van der Waals surface area (Å²) < 4.78 is 1.34. The average molecular weight is 270 g/mol. The molecule has 7 nitrogen and oxygen atoms in total. The Bertz CT molecular complexity index is 684. The zero-order valence-corrected chi connectivity index (χ0v) is 11.2. The first kappa shape index (κ1) is 13.5. The highest BCUT2D eigenvalue weighted by atomic mass is 16.2. The van der Waals surface area contributed by atoms with Crippen molar-refractivity contribution in [1.29, 1.82) is 5.26 Å². The highest BCUT2D eigenvalue weighted by molar-refractivity contribution is 5.94. The minimum Gasteiger partial charge on any atom is -0.399 e. The molecule has 0 aliphatic rings. The van der Waals surface area contributed by atoms with Crippen molar-refractivity contribution in [2.24, 2.45) is 0 Å². The van der Waals surface area contributed by atoms with Gasteiger partial charge in [-0.2, -0.15) is 5.26 Å². The number of nitrogens with two attached hydrogens (primary N) is 1. The van der Waals surface area contributed by atoms with Gasteiger partial charge >= 0.3 is 0 Å². The Morgan fingerprint density at radius 1 is 1.55 bits per heavy atom. The fourth-order valence-electron chi connectivity index (χ4n) is 1.64. The summed E-state index contributed by atoms with van der Waals surface area (Å²) in [5, 5.41) is 15.3. The number of benzene rings is 1. The van der Waals surface area contributed by atoms with Crippen molar-refractivity contribution in [2.45, 2.75) is 19.9 Å². The lowest BCUT2D eigenvalue weighted by Crippen LogP contribution is -2.24. The molecular formula is C13H14N6O. The Kier molecular flexibility index (Phi) is 3.66. The van der Waals surface area contributed by atoms with Gasteiger partial charge in [0, 0.05) is 11.4 Å². The van der Waals surface area contributed by atoms with E-state index in [1.54, 1.807) is 19.1 Å². The fourth-order valence-corrected chi connectivity index (χ4v) is 1.64. The summed E-state index contributed by atoms with van der Waals surface area (Å²) in [4.78, 5) is 15.9. The zero-order valence-electron chi connectivity index (χ0n) is 11.2. The second-order valence-electron chi connectivity index (χ2n) is 4.40. The SMILES string of the molecule is Cc1ccc(N)cc1NC(=O)C(C)n1cnc(C#N)n1. The molecule has 0 fully saturated rings. The fraction of sp³-hybridized carbons (Fsp3) is 0.231. The van der Waals surface area contributed by atoms with Gasteiger partial charge in [0.15, 0.2) is 0 Å². The topological polar surface area (TPSA) is 110 Å². The van der Waals surface area contributed by atoms with Crippen LogP contribution in [-0.4, -0.2) is 20.7 Å². The molecule has 0 bridgehead atoms. The van der Waals surface area contributed by atoms with E-state index in [4.69, 9.17) is 11.0 Å². The molecule has 1 aromatic carbocycles. The Morgan fingerprint density at radius 3 is 2.95 bits per heavy atom. The number of anilines is 2. The van der Waals surface area contributed by atoms with Gasteiger partial charge in [0.2, 0.25) is 5.91 Å². The van der Waals surface area contributed by atoms with Crippen molar-refractivity contribution in [2.75, 3.05) is 11.1 Å². The summed E-state index contributed by atoms with van der Waals surface area (Å²) in [7, 11) is 0. The number of nitrogens with zero attached hydrogens (tertiary/aromatic N) is 4. The molecule has 1 atom stereocenters. The highest BCUT2D eigenvalue weighted by Gasteiger charge is 2.17. The second-order valence-corrected chi connectivity index (χ2v) is 4.40. The molecule has 0 radical (unpaired) electrons. The number of amides is 1. The van der Waals surface area contributed by atoms with Crippen LogP contribution >= 0.6 is 0 Å². The molecule has 1 heterocycles. The Balaban J connectivity index is 2.15. The monoisotopic (exact) mass is 270 g/mol. The van der Waals surface area contributed by atoms with Gasteiger partial charge in [0.05, 0.1) is 0 Å². The lowest BCUT2D eigenvalue weighted by Gasteiger charge is -2.14. The zero-order chi connectivity index (χ0) is 14.7. The lowest BCUT2D eigenvalue weighted by atomic mass is 10.1. The number of hydrogen-bond donors (Lipinski definition) is 2. The van der Waals surface area contributed by atoms with Gasteiger partial charge in [0.25, 0.3) is 5.82 Å². The van der Waals surface area contributed by atoms with E-state index < -0.39 is 6.04 Å². The molecule has 7 heteroatoms. The van der Waals surface area contributed by atoms with Crippen LogP contribution in [0, 0.1) is 18.3 Å². The molecule has 1 amide bonds. The molecule has 0 spiro atoms. The van der Waals surface area contributed by atoms with E-state index in [2.05, 4.69) is 15.4 Å². The lowest BCUT2D eigenvalue weighted by molar-refractivity contribution is -0.119. The number of aromatic nitrogens is 3. The molecule has 1 unspecified atom stereocenters. The van der Waals surface area contributed by atoms with Crippen molar-refractivity contribution in [3.05, 3.63) is 35.9 Å². The summed E-state index contributed by atoms with van der Waals surface area (Å²) in [6.07, 6.45) is 1.36. The van der Waals surface area contributed by atoms with Gasteiger partial charge < -0.3 is 11.1 Å². The third-order valence-corrected chi connectivity index (χ3v) is 2.90. The first-order valence-corrected chi connectivity index (χ1v) is 5.99. The summed E-state index contributed by atoms with van der Waals surface area (Å²) in [6.45, 7) is 3.55. The van der Waals surface area contributed by atoms with Crippen LogP contribution in [0.3, 0.4) is 0 Å². The van der Waals surface area contributed by atoms with Gasteiger partial charge in [0.1, 0.15) is 18.4 Å². The quantitative estimate of drug-likeness (QED) is 0.815. The van der Waals surface area contributed by atoms with Crippen LogP contribution in [0.15, 0.2) is 24.5 Å². The van der Waals surface area contributed by atoms with Crippen LogP contribution in [-0.2, 0) is 4.79 Å². The number of carbonyl (C=O) groups excluding carboxylic acids is 1. The number of rotatable bonds is 3. The molecule has 20 heavy (non-hydrogen) atoms. The maximum absolute atomic E-state index is 12.2. The molecular weight excluding hydrogens is 256 g/mol. The van der Waals surface area contributed by atoms with Gasteiger partial charge in [-0.05, 0) is 31.5 Å². The van der Waals surface area contributed by atoms with Gasteiger partial charge in [-0.25, -0.2) is 9.67 Å². The number of aryl methyl sites for hydroxylation is 1. The van der Waals surface area contributed by atoms with Crippen LogP contribution in [0.5, 0.6) is 0 Å². The van der Waals surface area contributed by atoms with Crippen LogP contribution in [0.1, 0.15) is 24.4 Å². The highest BCUT2D eigenvalue weighted by Crippen LogP contribution is 2.19. The maximum atomic E-state index is 12.2. The van der Waals surface area contributed by atoms with E-state index in [1.165, 1.54) is 11.0 Å². The molecule has 102 valence electrons. The van der Waals surface area contributed by atoms with E-state index >= 15 is 0 Å². The van der Waals surface area contributed by atoms with Gasteiger partial charge in [-0.1, -0.05) is 6.07 Å². The number of hydrogen-bond acceptors (Lipinski definition) is 5. The van der Waals surface area contributed by atoms with E-state index in [0.29, 0.717) is 11.4 Å². The molecule has 2 aromatic rings. The maximum Gasteiger partial charge on any atom is 0.252 e. The second kappa shape index (κ2) is 5.40. The summed E-state index contributed by atoms with van der Waals surface area (Å²) in [6, 6.07) is 6.54. The molecule has 0 aliphatic carbocycles. The van der Waals surface area contributed by atoms with E-state index in [-0.39, 0.29) is 11.7 Å². The normalized spacial score (nSPS) is 11.7. The van der Waals surface area contributed by atoms with Crippen molar-refractivity contribution in [3.8, 4) is 6.07 Å². The number of nitrogen functional groups attached to an aromatic ring is 1. The van der Waals surface area contributed by atoms with Crippen LogP contribution in [0.25, 0.3) is 0 Å². The minimum atomic E-state index is -0.578. The molecule has 2 rings (SSSR count). The minimum absolute atomic E-state index is 0.0322. The van der Waals surface area contributed by atoms with E-state index in [1.807, 2.05) is 19.1 Å². The molecule has 3 N–H and O–H groups in total. The predicted molar refractivity (Wildman–Crippen MR) is 73.7 cm³/mol. The van der Waals surface area contributed by atoms with E-state index in [0.717, 1.165) is 5.56 Å². The van der Waals surface area contributed by atoms with Gasteiger partial charge in [-0.3, -0.25) is 4.79 Å². The van der Waals surface area contributed by atoms with Crippen LogP contribution in [0.2, 0.25) is 0 Å². The summed E-state index contributed by atoms with van der Waals surface area (Å²) in [5.74, 6) is -0.224.